The maximum absolute atomic E-state index is 11.6. The third kappa shape index (κ3) is 3.28. The summed E-state index contributed by atoms with van der Waals surface area (Å²) in [5.41, 5.74) is 7.05. The van der Waals surface area contributed by atoms with Crippen molar-refractivity contribution in [1.82, 2.24) is 9.97 Å². The largest absolute Gasteiger partial charge is 0.462 e. The summed E-state index contributed by atoms with van der Waals surface area (Å²) in [4.78, 5) is 19.8. The van der Waals surface area contributed by atoms with Gasteiger partial charge in [-0.1, -0.05) is 30.3 Å². The Kier molecular flexibility index (Phi) is 4.07. The van der Waals surface area contributed by atoms with E-state index in [-0.39, 0.29) is 11.4 Å². The topological polar surface area (TPSA) is 78.1 Å². The lowest BCUT2D eigenvalue weighted by Gasteiger charge is -2.06. The molecule has 0 spiro atoms. The average Bonchev–Trinajstić information content (AvgIpc) is 2.40. The van der Waals surface area contributed by atoms with E-state index in [1.165, 1.54) is 6.20 Å². The molecular formula is C14H15N3O2. The zero-order valence-electron chi connectivity index (χ0n) is 10.7. The maximum atomic E-state index is 11.6. The van der Waals surface area contributed by atoms with Crippen molar-refractivity contribution in [1.29, 1.82) is 0 Å². The number of nitrogen functional groups attached to an aromatic ring is 1. The Morgan fingerprint density at radius 3 is 2.68 bits per heavy atom. The van der Waals surface area contributed by atoms with Gasteiger partial charge in [-0.2, -0.15) is 0 Å². The number of nitrogens with two attached hydrogens (primary N) is 1. The van der Waals surface area contributed by atoms with Gasteiger partial charge in [-0.3, -0.25) is 0 Å². The third-order valence-electron chi connectivity index (χ3n) is 2.57. The van der Waals surface area contributed by atoms with Crippen LogP contribution >= 0.6 is 0 Å². The number of carbonyl (C=O) groups excluding carboxylic acids is 1. The molecule has 5 heteroatoms. The Labute approximate surface area is 111 Å². The Morgan fingerprint density at radius 2 is 2.05 bits per heavy atom. The molecule has 0 amide bonds. The van der Waals surface area contributed by atoms with E-state index >= 15 is 0 Å². The Morgan fingerprint density at radius 1 is 1.32 bits per heavy atom. The molecule has 0 aliphatic carbocycles. The van der Waals surface area contributed by atoms with E-state index < -0.39 is 5.97 Å². The standard InChI is InChI=1S/C14H15N3O2/c1-2-19-14(18)11-9-16-12(17-13(11)15)8-10-6-4-3-5-7-10/h3-7,9H,2,8H2,1H3,(H2,15,16,17). The number of anilines is 1. The zero-order chi connectivity index (χ0) is 13.7. The van der Waals surface area contributed by atoms with Crippen LogP contribution in [0.1, 0.15) is 28.7 Å². The summed E-state index contributed by atoms with van der Waals surface area (Å²) in [6.07, 6.45) is 1.99. The highest BCUT2D eigenvalue weighted by atomic mass is 16.5. The van der Waals surface area contributed by atoms with Crippen LogP contribution in [0.2, 0.25) is 0 Å². The summed E-state index contributed by atoms with van der Waals surface area (Å²) < 4.78 is 4.87. The average molecular weight is 257 g/mol. The smallest absolute Gasteiger partial charge is 0.343 e. The number of ether oxygens (including phenoxy) is 1. The van der Waals surface area contributed by atoms with E-state index in [1.54, 1.807) is 6.92 Å². The quantitative estimate of drug-likeness (QED) is 0.845. The fourth-order valence-corrected chi connectivity index (χ4v) is 1.66. The molecule has 0 aliphatic rings. The van der Waals surface area contributed by atoms with Crippen LogP contribution in [0.5, 0.6) is 0 Å². The first-order valence-corrected chi connectivity index (χ1v) is 6.03. The Balaban J connectivity index is 2.17. The van der Waals surface area contributed by atoms with Gasteiger partial charge in [0.25, 0.3) is 0 Å². The van der Waals surface area contributed by atoms with Gasteiger partial charge in [0.05, 0.1) is 6.61 Å². The SMILES string of the molecule is CCOC(=O)c1cnc(Cc2ccccc2)nc1N. The molecular weight excluding hydrogens is 242 g/mol. The molecule has 1 aromatic carbocycles. The van der Waals surface area contributed by atoms with Crippen LogP contribution in [0.25, 0.3) is 0 Å². The molecule has 0 saturated heterocycles. The number of benzene rings is 1. The van der Waals surface area contributed by atoms with Gasteiger partial charge in [-0.05, 0) is 12.5 Å². The summed E-state index contributed by atoms with van der Waals surface area (Å²) in [6, 6.07) is 9.82. The van der Waals surface area contributed by atoms with Gasteiger partial charge < -0.3 is 10.5 Å². The molecule has 2 aromatic rings. The van der Waals surface area contributed by atoms with Crippen molar-refractivity contribution in [3.63, 3.8) is 0 Å². The van der Waals surface area contributed by atoms with Crippen LogP contribution in [-0.4, -0.2) is 22.5 Å². The fraction of sp³-hybridized carbons (Fsp3) is 0.214. The van der Waals surface area contributed by atoms with Crippen molar-refractivity contribution in [3.05, 3.63) is 53.5 Å². The molecule has 5 nitrogen and oxygen atoms in total. The number of aromatic nitrogens is 2. The number of hydrogen-bond acceptors (Lipinski definition) is 5. The lowest BCUT2D eigenvalue weighted by molar-refractivity contribution is 0.0526. The van der Waals surface area contributed by atoms with Crippen molar-refractivity contribution in [3.8, 4) is 0 Å². The molecule has 0 unspecified atom stereocenters. The highest BCUT2D eigenvalue weighted by Gasteiger charge is 2.13. The Bertz CT molecular complexity index is 570. The molecule has 0 saturated carbocycles. The van der Waals surface area contributed by atoms with E-state index in [4.69, 9.17) is 10.5 Å². The number of nitrogens with zero attached hydrogens (tertiary/aromatic N) is 2. The molecule has 2 N–H and O–H groups in total. The predicted molar refractivity (Wildman–Crippen MR) is 71.6 cm³/mol. The first-order valence-electron chi connectivity index (χ1n) is 6.03. The van der Waals surface area contributed by atoms with Gasteiger partial charge in [-0.25, -0.2) is 14.8 Å². The van der Waals surface area contributed by atoms with Crippen LogP contribution in [0.15, 0.2) is 36.5 Å². The molecule has 0 atom stereocenters. The summed E-state index contributed by atoms with van der Waals surface area (Å²) in [5.74, 6) is 0.238. The summed E-state index contributed by atoms with van der Waals surface area (Å²) in [7, 11) is 0. The first-order chi connectivity index (χ1) is 9.20. The lowest BCUT2D eigenvalue weighted by atomic mass is 10.1. The van der Waals surface area contributed by atoms with Gasteiger partial charge in [0, 0.05) is 12.6 Å². The number of carbonyl (C=O) groups is 1. The highest BCUT2D eigenvalue weighted by Crippen LogP contribution is 2.11. The van der Waals surface area contributed by atoms with Crippen molar-refractivity contribution >= 4 is 11.8 Å². The van der Waals surface area contributed by atoms with Crippen molar-refractivity contribution in [2.45, 2.75) is 13.3 Å². The van der Waals surface area contributed by atoms with Crippen molar-refractivity contribution in [2.24, 2.45) is 0 Å². The summed E-state index contributed by atoms with van der Waals surface area (Å²) in [6.45, 7) is 2.03. The second-order valence-electron chi connectivity index (χ2n) is 3.97. The Hall–Kier alpha value is -2.43. The molecule has 0 fully saturated rings. The molecule has 2 rings (SSSR count). The molecule has 98 valence electrons. The highest BCUT2D eigenvalue weighted by molar-refractivity contribution is 5.93. The van der Waals surface area contributed by atoms with E-state index in [0.29, 0.717) is 18.9 Å². The fourth-order valence-electron chi connectivity index (χ4n) is 1.66. The summed E-state index contributed by atoms with van der Waals surface area (Å²) >= 11 is 0. The van der Waals surface area contributed by atoms with E-state index in [1.807, 2.05) is 30.3 Å². The van der Waals surface area contributed by atoms with Crippen LogP contribution in [0.4, 0.5) is 5.82 Å². The molecule has 0 radical (unpaired) electrons. The minimum Gasteiger partial charge on any atom is -0.462 e. The van der Waals surface area contributed by atoms with E-state index in [9.17, 15) is 4.79 Å². The zero-order valence-corrected chi connectivity index (χ0v) is 10.7. The van der Waals surface area contributed by atoms with Gasteiger partial charge in [0.2, 0.25) is 0 Å². The van der Waals surface area contributed by atoms with Crippen LogP contribution in [0.3, 0.4) is 0 Å². The lowest BCUT2D eigenvalue weighted by Crippen LogP contribution is -2.11. The normalized spacial score (nSPS) is 10.2. The molecule has 0 aliphatic heterocycles. The number of rotatable bonds is 4. The minimum absolute atomic E-state index is 0.152. The minimum atomic E-state index is -0.494. The second kappa shape index (κ2) is 5.95. The van der Waals surface area contributed by atoms with Gasteiger partial charge in [0.1, 0.15) is 17.2 Å². The van der Waals surface area contributed by atoms with Crippen LogP contribution in [0, 0.1) is 0 Å². The number of hydrogen-bond donors (Lipinski definition) is 1. The van der Waals surface area contributed by atoms with Gasteiger partial charge >= 0.3 is 5.97 Å². The third-order valence-corrected chi connectivity index (χ3v) is 2.57. The molecule has 0 bridgehead atoms. The van der Waals surface area contributed by atoms with E-state index in [0.717, 1.165) is 5.56 Å². The molecule has 1 aromatic heterocycles. The van der Waals surface area contributed by atoms with E-state index in [2.05, 4.69) is 9.97 Å². The van der Waals surface area contributed by atoms with Crippen LogP contribution in [-0.2, 0) is 11.2 Å². The monoisotopic (exact) mass is 257 g/mol. The predicted octanol–water partition coefficient (Wildman–Crippen LogP) is 1.83. The first kappa shape index (κ1) is 13.0. The van der Waals surface area contributed by atoms with Gasteiger partial charge in [0.15, 0.2) is 0 Å². The van der Waals surface area contributed by atoms with Crippen molar-refractivity contribution in [2.75, 3.05) is 12.3 Å². The van der Waals surface area contributed by atoms with Crippen LogP contribution < -0.4 is 5.73 Å². The van der Waals surface area contributed by atoms with Crippen molar-refractivity contribution < 1.29 is 9.53 Å². The van der Waals surface area contributed by atoms with Gasteiger partial charge in [-0.15, -0.1) is 0 Å². The molecule has 19 heavy (non-hydrogen) atoms. The second-order valence-corrected chi connectivity index (χ2v) is 3.97. The number of esters is 1. The summed E-state index contributed by atoms with van der Waals surface area (Å²) in [5, 5.41) is 0. The molecule has 1 heterocycles. The maximum Gasteiger partial charge on any atom is 0.343 e.